The van der Waals surface area contributed by atoms with Crippen LogP contribution in [0.4, 0.5) is 0 Å². The van der Waals surface area contributed by atoms with Crippen molar-refractivity contribution >= 4 is 10.1 Å². The first-order valence-electron chi connectivity index (χ1n) is 3.79. The Balaban J connectivity index is 3.39. The lowest BCUT2D eigenvalue weighted by molar-refractivity contribution is 0.392. The molecular formula is C9H10O4S. The molecule has 14 heavy (non-hydrogen) atoms. The van der Waals surface area contributed by atoms with Gasteiger partial charge in [-0.2, -0.15) is 8.42 Å². The van der Waals surface area contributed by atoms with Crippen molar-refractivity contribution in [2.45, 2.75) is 11.8 Å². The molecule has 0 fully saturated rings. The van der Waals surface area contributed by atoms with E-state index in [-0.39, 0.29) is 10.6 Å². The Labute approximate surface area is 83.6 Å². The second kappa shape index (κ2) is 3.98. The zero-order chi connectivity index (χ0) is 10.8. The van der Waals surface area contributed by atoms with E-state index in [1.54, 1.807) is 19.1 Å². The van der Waals surface area contributed by atoms with E-state index in [1.165, 1.54) is 13.2 Å². The van der Waals surface area contributed by atoms with E-state index in [2.05, 4.69) is 11.3 Å². The van der Waals surface area contributed by atoms with Crippen LogP contribution in [-0.2, 0) is 14.3 Å². The first-order chi connectivity index (χ1) is 6.51. The monoisotopic (exact) mass is 214 g/mol. The molecule has 0 aromatic heterocycles. The van der Waals surface area contributed by atoms with Gasteiger partial charge in [-0.15, -0.1) is 0 Å². The number of hydrogen-bond acceptors (Lipinski definition) is 4. The van der Waals surface area contributed by atoms with Crippen molar-refractivity contribution in [1.82, 2.24) is 0 Å². The van der Waals surface area contributed by atoms with Gasteiger partial charge in [-0.05, 0) is 24.6 Å². The Bertz CT molecular complexity index is 422. The Morgan fingerprint density at radius 3 is 2.50 bits per heavy atom. The quantitative estimate of drug-likeness (QED) is 0.713. The number of benzene rings is 1. The Morgan fingerprint density at radius 1 is 1.36 bits per heavy atom. The van der Waals surface area contributed by atoms with Gasteiger partial charge in [0, 0.05) is 0 Å². The van der Waals surface area contributed by atoms with Gasteiger partial charge in [0.05, 0.1) is 7.11 Å². The minimum Gasteiger partial charge on any atom is -0.495 e. The fourth-order valence-corrected chi connectivity index (χ4v) is 1.86. The summed E-state index contributed by atoms with van der Waals surface area (Å²) in [6.07, 6.45) is 0. The molecule has 2 radical (unpaired) electrons. The largest absolute Gasteiger partial charge is 0.495 e. The van der Waals surface area contributed by atoms with Crippen molar-refractivity contribution in [3.05, 3.63) is 30.9 Å². The van der Waals surface area contributed by atoms with E-state index in [9.17, 15) is 8.42 Å². The molecule has 5 heteroatoms. The highest BCUT2D eigenvalue weighted by Gasteiger charge is 2.18. The maximum Gasteiger partial charge on any atom is 0.301 e. The molecule has 0 N–H and O–H groups in total. The van der Waals surface area contributed by atoms with Crippen molar-refractivity contribution in [3.8, 4) is 5.75 Å². The van der Waals surface area contributed by atoms with Crippen LogP contribution in [0.15, 0.2) is 23.1 Å². The van der Waals surface area contributed by atoms with Gasteiger partial charge in [-0.3, -0.25) is 4.18 Å². The van der Waals surface area contributed by atoms with Crippen molar-refractivity contribution in [2.24, 2.45) is 0 Å². The van der Waals surface area contributed by atoms with Crippen molar-refractivity contribution in [3.63, 3.8) is 0 Å². The molecule has 1 aromatic carbocycles. The molecule has 0 aliphatic rings. The SMILES string of the molecule is [CH]OS(=O)(=O)c1cc(C)ccc1OC. The van der Waals surface area contributed by atoms with Gasteiger partial charge in [0.15, 0.2) is 0 Å². The molecule has 4 nitrogen and oxygen atoms in total. The van der Waals surface area contributed by atoms with Gasteiger partial charge in [0.1, 0.15) is 17.8 Å². The number of aryl methyl sites for hydroxylation is 1. The predicted octanol–water partition coefficient (Wildman–Crippen LogP) is 1.38. The van der Waals surface area contributed by atoms with Gasteiger partial charge in [-0.25, -0.2) is 0 Å². The lowest BCUT2D eigenvalue weighted by Gasteiger charge is -2.07. The fraction of sp³-hybridized carbons (Fsp3) is 0.222. The first kappa shape index (κ1) is 11.0. The van der Waals surface area contributed by atoms with Gasteiger partial charge in [0.25, 0.3) is 0 Å². The van der Waals surface area contributed by atoms with Crippen molar-refractivity contribution in [2.75, 3.05) is 7.11 Å². The smallest absolute Gasteiger partial charge is 0.301 e. The van der Waals surface area contributed by atoms with E-state index in [0.29, 0.717) is 0 Å². The first-order valence-corrected chi connectivity index (χ1v) is 5.20. The Hall–Kier alpha value is -1.07. The summed E-state index contributed by atoms with van der Waals surface area (Å²) in [6.45, 7) is 1.76. The maximum atomic E-state index is 11.3. The molecule has 76 valence electrons. The zero-order valence-electron chi connectivity index (χ0n) is 7.85. The van der Waals surface area contributed by atoms with E-state index in [1.807, 2.05) is 0 Å². The lowest BCUT2D eigenvalue weighted by Crippen LogP contribution is -2.04. The minimum absolute atomic E-state index is 0.0671. The van der Waals surface area contributed by atoms with Crippen LogP contribution >= 0.6 is 0 Å². The number of hydrogen-bond donors (Lipinski definition) is 0. The summed E-state index contributed by atoms with van der Waals surface area (Å²) in [4.78, 5) is -0.0671. The van der Waals surface area contributed by atoms with Crippen molar-refractivity contribution < 1.29 is 17.3 Å². The third kappa shape index (κ3) is 2.05. The highest BCUT2D eigenvalue weighted by Crippen LogP contribution is 2.25. The van der Waals surface area contributed by atoms with Gasteiger partial charge in [-0.1, -0.05) is 6.07 Å². The highest BCUT2D eigenvalue weighted by atomic mass is 32.2. The lowest BCUT2D eigenvalue weighted by atomic mass is 10.2. The van der Waals surface area contributed by atoms with Crippen LogP contribution in [0, 0.1) is 14.0 Å². The zero-order valence-corrected chi connectivity index (χ0v) is 8.67. The molecule has 0 saturated heterocycles. The van der Waals surface area contributed by atoms with Crippen molar-refractivity contribution in [1.29, 1.82) is 0 Å². The summed E-state index contributed by atoms with van der Waals surface area (Å²) >= 11 is 0. The maximum absolute atomic E-state index is 11.3. The van der Waals surface area contributed by atoms with E-state index >= 15 is 0 Å². The minimum atomic E-state index is -3.91. The summed E-state index contributed by atoms with van der Waals surface area (Å²) in [5, 5.41) is 0. The van der Waals surface area contributed by atoms with E-state index in [0.717, 1.165) is 5.56 Å². The Kier molecular flexibility index (Phi) is 3.13. The molecule has 0 spiro atoms. The Morgan fingerprint density at radius 2 is 2.00 bits per heavy atom. The van der Waals surface area contributed by atoms with Crippen LogP contribution in [0.3, 0.4) is 0 Å². The number of rotatable bonds is 3. The number of methoxy groups -OCH3 is 1. The van der Waals surface area contributed by atoms with E-state index < -0.39 is 10.1 Å². The predicted molar refractivity (Wildman–Crippen MR) is 50.3 cm³/mol. The van der Waals surface area contributed by atoms with Gasteiger partial charge >= 0.3 is 10.1 Å². The molecule has 0 amide bonds. The standard InChI is InChI=1S/C9H10O4S/c1-7-4-5-8(12-2)9(6-7)14(10,11)13-3/h3-6H,1-2H3. The molecule has 0 aliphatic heterocycles. The second-order valence-corrected chi connectivity index (χ2v) is 4.25. The van der Waals surface area contributed by atoms with Crippen LogP contribution in [0.5, 0.6) is 5.75 Å². The summed E-state index contributed by atoms with van der Waals surface area (Å²) in [6, 6.07) is 4.70. The summed E-state index contributed by atoms with van der Waals surface area (Å²) in [5.41, 5.74) is 0.779. The normalized spacial score (nSPS) is 11.4. The summed E-state index contributed by atoms with van der Waals surface area (Å²) in [5.74, 6) is 0.209. The average molecular weight is 214 g/mol. The molecule has 0 saturated carbocycles. The summed E-state index contributed by atoms with van der Waals surface area (Å²) < 4.78 is 31.4. The van der Waals surface area contributed by atoms with Crippen LogP contribution in [0.1, 0.15) is 5.56 Å². The molecule has 0 aliphatic carbocycles. The third-order valence-corrected chi connectivity index (χ3v) is 2.83. The van der Waals surface area contributed by atoms with Gasteiger partial charge < -0.3 is 4.74 Å². The molecule has 1 rings (SSSR count). The van der Waals surface area contributed by atoms with Crippen LogP contribution < -0.4 is 4.74 Å². The molecule has 0 heterocycles. The highest BCUT2D eigenvalue weighted by molar-refractivity contribution is 7.86. The molecule has 0 atom stereocenters. The molecule has 0 bridgehead atoms. The topological polar surface area (TPSA) is 52.6 Å². The summed E-state index contributed by atoms with van der Waals surface area (Å²) in [7, 11) is 2.13. The van der Waals surface area contributed by atoms with Crippen LogP contribution in [0.2, 0.25) is 0 Å². The average Bonchev–Trinajstić information content (AvgIpc) is 2.18. The second-order valence-electron chi connectivity index (χ2n) is 2.70. The fourth-order valence-electron chi connectivity index (χ4n) is 1.03. The van der Waals surface area contributed by atoms with Gasteiger partial charge in [0.2, 0.25) is 0 Å². The van der Waals surface area contributed by atoms with Crippen LogP contribution in [-0.4, -0.2) is 15.5 Å². The molecule has 1 aromatic rings. The van der Waals surface area contributed by atoms with Crippen LogP contribution in [0.25, 0.3) is 0 Å². The number of ether oxygens (including phenoxy) is 1. The molecular weight excluding hydrogens is 204 g/mol. The molecule has 0 unspecified atom stereocenters. The van der Waals surface area contributed by atoms with E-state index in [4.69, 9.17) is 4.74 Å². The third-order valence-electron chi connectivity index (χ3n) is 1.72.